The summed E-state index contributed by atoms with van der Waals surface area (Å²) in [5.41, 5.74) is 0. The van der Waals surface area contributed by atoms with Crippen molar-refractivity contribution >= 4 is 0 Å². The van der Waals surface area contributed by atoms with Gasteiger partial charge in [-0.1, -0.05) is 217 Å². The highest BCUT2D eigenvalue weighted by atomic mass is 15.2. The highest BCUT2D eigenvalue weighted by Gasteiger charge is 2.39. The standard InChI is InChI=1S/2C10H21N.C9H18.C3H8.6C2H6.6CH4/c2*1-6-11-9(4)7(2)8(3)10(11)5;1-6-5-7(2)9(4)8(6)3;1-3-2;6*1-2;;;;;;/h2*7-10H,6H2,1-5H3;6-9H,5H2,1-4H3;3H2,1-2H3;6*1-2H3;6*1H4/t2*7-,8+,9-,10?;6-,7?,8-,9+;;;;;;;;;;;;;/m000............./s1. The normalized spacial score (nSPS) is 29.8. The minimum Gasteiger partial charge on any atom is -0.298 e. The van der Waals surface area contributed by atoms with Gasteiger partial charge in [0.1, 0.15) is 0 Å². The van der Waals surface area contributed by atoms with E-state index in [1.165, 1.54) is 25.9 Å². The molecule has 1 saturated carbocycles. The van der Waals surface area contributed by atoms with E-state index < -0.39 is 0 Å². The van der Waals surface area contributed by atoms with Crippen LogP contribution in [0.25, 0.3) is 0 Å². The SMILES string of the molecule is C.C.C.C.C.C.CC.CC.CC.CC.CC.CC.CC1C[C@H](C)[C@H](C)[C@@H]1C.CCC.CCN1C(C)[C@H](C)[C@H](C)[C@@H]1C.CCN1C(C)[C@H](C)[C@H](C)[C@@H]1C. The molecule has 1 aliphatic carbocycles. The summed E-state index contributed by atoms with van der Waals surface area (Å²) in [5, 5.41) is 0. The lowest BCUT2D eigenvalue weighted by Gasteiger charge is -2.25. The van der Waals surface area contributed by atoms with Gasteiger partial charge in [-0.25, -0.2) is 0 Å². The van der Waals surface area contributed by atoms with Crippen molar-refractivity contribution in [2.45, 2.75) is 275 Å². The van der Waals surface area contributed by atoms with Gasteiger partial charge in [0.25, 0.3) is 0 Å². The summed E-state index contributed by atoms with van der Waals surface area (Å²) in [7, 11) is 0. The molecule has 2 saturated heterocycles. The third-order valence-corrected chi connectivity index (χ3v) is 10.9. The van der Waals surface area contributed by atoms with Crippen molar-refractivity contribution in [1.82, 2.24) is 9.80 Å². The van der Waals surface area contributed by atoms with E-state index in [9.17, 15) is 0 Å². The third kappa shape index (κ3) is 33.3. The van der Waals surface area contributed by atoms with Crippen molar-refractivity contribution in [3.63, 3.8) is 0 Å². The van der Waals surface area contributed by atoms with Crippen LogP contribution >= 0.6 is 0 Å². The maximum Gasteiger partial charge on any atom is 0.00984 e. The van der Waals surface area contributed by atoms with Gasteiger partial charge in [0, 0.05) is 24.2 Å². The summed E-state index contributed by atoms with van der Waals surface area (Å²) >= 11 is 0. The molecular weight excluding hydrogens is 629 g/mol. The van der Waals surface area contributed by atoms with Gasteiger partial charge < -0.3 is 0 Å². The molecule has 12 atom stereocenters. The van der Waals surface area contributed by atoms with Crippen LogP contribution in [0, 0.1) is 47.3 Å². The quantitative estimate of drug-likeness (QED) is 0.277. The van der Waals surface area contributed by atoms with Gasteiger partial charge in [0.15, 0.2) is 0 Å². The first-order chi connectivity index (χ1) is 21.7. The first kappa shape index (κ1) is 88.9. The van der Waals surface area contributed by atoms with Crippen LogP contribution in [0.15, 0.2) is 0 Å². The smallest absolute Gasteiger partial charge is 0.00984 e. The summed E-state index contributed by atoms with van der Waals surface area (Å²) in [5.74, 6) is 7.31. The molecule has 2 nitrogen and oxygen atoms in total. The van der Waals surface area contributed by atoms with Crippen LogP contribution in [-0.2, 0) is 0 Å². The largest absolute Gasteiger partial charge is 0.298 e. The Hall–Kier alpha value is -0.0800. The monoisotopic (exact) mass is 757 g/mol. The molecule has 0 N–H and O–H groups in total. The van der Waals surface area contributed by atoms with Crippen molar-refractivity contribution in [2.75, 3.05) is 13.1 Å². The predicted octanol–water partition coefficient (Wildman–Crippen LogP) is 19.1. The Morgan fingerprint density at radius 2 is 0.442 bits per heavy atom. The van der Waals surface area contributed by atoms with Crippen LogP contribution in [0.5, 0.6) is 0 Å². The lowest BCUT2D eigenvalue weighted by molar-refractivity contribution is 0.209. The molecule has 0 spiro atoms. The van der Waals surface area contributed by atoms with Gasteiger partial charge in [-0.05, 0) is 94.5 Å². The van der Waals surface area contributed by atoms with Crippen LogP contribution in [0.2, 0.25) is 0 Å². The third-order valence-electron chi connectivity index (χ3n) is 10.9. The molecule has 52 heavy (non-hydrogen) atoms. The van der Waals surface area contributed by atoms with Gasteiger partial charge in [-0.15, -0.1) is 0 Å². The Balaban J connectivity index is -0.0000000321. The van der Waals surface area contributed by atoms with Crippen molar-refractivity contribution in [3.05, 3.63) is 0 Å². The van der Waals surface area contributed by atoms with Crippen LogP contribution in [0.4, 0.5) is 0 Å². The van der Waals surface area contributed by atoms with Crippen LogP contribution in [-0.4, -0.2) is 47.1 Å². The zero-order chi connectivity index (χ0) is 38.9. The topological polar surface area (TPSA) is 6.48 Å². The number of hydrogen-bond acceptors (Lipinski definition) is 2. The number of rotatable bonds is 2. The molecule has 3 aliphatic rings. The van der Waals surface area contributed by atoms with Gasteiger partial charge in [0.05, 0.1) is 0 Å². The molecule has 0 aromatic rings. The van der Waals surface area contributed by atoms with Crippen molar-refractivity contribution < 1.29 is 0 Å². The minimum atomic E-state index is 0. The van der Waals surface area contributed by atoms with E-state index in [2.05, 4.69) is 121 Å². The molecule has 2 heteroatoms. The van der Waals surface area contributed by atoms with Crippen molar-refractivity contribution in [3.8, 4) is 0 Å². The molecule has 3 unspecified atom stereocenters. The van der Waals surface area contributed by atoms with E-state index in [0.29, 0.717) is 0 Å². The lowest BCUT2D eigenvalue weighted by atomic mass is 9.92. The summed E-state index contributed by atoms with van der Waals surface area (Å²) < 4.78 is 0. The van der Waals surface area contributed by atoms with Gasteiger partial charge >= 0.3 is 0 Å². The highest BCUT2D eigenvalue weighted by molar-refractivity contribution is 4.92. The molecule has 3 rings (SSSR count). The Kier molecular flexibility index (Phi) is 103. The second kappa shape index (κ2) is 60.2. The van der Waals surface area contributed by atoms with Crippen LogP contribution in [0.1, 0.15) is 251 Å². The molecular formula is C50H128N2. The Morgan fingerprint density at radius 3 is 0.500 bits per heavy atom. The maximum absolute atomic E-state index is 2.61. The van der Waals surface area contributed by atoms with E-state index in [4.69, 9.17) is 0 Å². The molecule has 0 aromatic carbocycles. The van der Waals surface area contributed by atoms with Crippen LogP contribution in [0.3, 0.4) is 0 Å². The van der Waals surface area contributed by atoms with E-state index in [-0.39, 0.29) is 44.6 Å². The average molecular weight is 758 g/mol. The molecule has 3 fully saturated rings. The molecule has 0 bridgehead atoms. The summed E-state index contributed by atoms with van der Waals surface area (Å²) in [6.45, 7) is 63.6. The zero-order valence-corrected chi connectivity index (χ0v) is 38.7. The summed E-state index contributed by atoms with van der Waals surface area (Å²) in [4.78, 5) is 5.21. The van der Waals surface area contributed by atoms with Crippen molar-refractivity contribution in [1.29, 1.82) is 0 Å². The molecule has 2 aliphatic heterocycles. The Morgan fingerprint density at radius 1 is 0.308 bits per heavy atom. The lowest BCUT2D eigenvalue weighted by Crippen LogP contribution is -2.34. The van der Waals surface area contributed by atoms with E-state index >= 15 is 0 Å². The number of hydrogen-bond donors (Lipinski definition) is 0. The number of likely N-dealkylation sites (tertiary alicyclic amines) is 2. The molecule has 0 radical (unpaired) electrons. The Labute approximate surface area is 344 Å². The molecule has 2 heterocycles. The second-order valence-electron chi connectivity index (χ2n) is 12.7. The predicted molar refractivity (Wildman–Crippen MR) is 265 cm³/mol. The maximum atomic E-state index is 2.61. The average Bonchev–Trinajstić information content (AvgIpc) is 3.53. The van der Waals surface area contributed by atoms with Crippen LogP contribution < -0.4 is 0 Å². The fourth-order valence-corrected chi connectivity index (χ4v) is 6.91. The summed E-state index contributed by atoms with van der Waals surface area (Å²) in [6.07, 6.45) is 2.70. The first-order valence-electron chi connectivity index (χ1n) is 21.2. The van der Waals surface area contributed by atoms with E-state index in [1.807, 2.05) is 83.1 Å². The summed E-state index contributed by atoms with van der Waals surface area (Å²) in [6, 6.07) is 3.13. The van der Waals surface area contributed by atoms with E-state index in [0.717, 1.165) is 71.5 Å². The molecule has 0 aromatic heterocycles. The van der Waals surface area contributed by atoms with Gasteiger partial charge in [-0.3, -0.25) is 9.80 Å². The van der Waals surface area contributed by atoms with Gasteiger partial charge in [0.2, 0.25) is 0 Å². The highest BCUT2D eigenvalue weighted by Crippen LogP contribution is 2.40. The zero-order valence-electron chi connectivity index (χ0n) is 38.7. The Bertz CT molecular complexity index is 448. The van der Waals surface area contributed by atoms with E-state index in [1.54, 1.807) is 0 Å². The number of nitrogens with zero attached hydrogens (tertiary/aromatic N) is 2. The first-order valence-corrected chi connectivity index (χ1v) is 21.2. The minimum absolute atomic E-state index is 0. The fourth-order valence-electron chi connectivity index (χ4n) is 6.91. The van der Waals surface area contributed by atoms with Crippen molar-refractivity contribution in [2.24, 2.45) is 47.3 Å². The molecule has 0 amide bonds. The second-order valence-corrected chi connectivity index (χ2v) is 12.7. The molecule has 338 valence electrons. The fraction of sp³-hybridized carbons (Fsp3) is 1.00. The van der Waals surface area contributed by atoms with Gasteiger partial charge in [-0.2, -0.15) is 0 Å².